The van der Waals surface area contributed by atoms with Crippen LogP contribution in [0.25, 0.3) is 0 Å². The number of hydrogen-bond donors (Lipinski definition) is 2. The first-order valence-electron chi connectivity index (χ1n) is 5.42. The number of benzene rings is 1. The molecule has 0 bridgehead atoms. The fourth-order valence-corrected chi connectivity index (χ4v) is 2.19. The van der Waals surface area contributed by atoms with Crippen LogP contribution in [0.2, 0.25) is 0 Å². The topological polar surface area (TPSA) is 98.3 Å². The summed E-state index contributed by atoms with van der Waals surface area (Å²) in [6.07, 6.45) is 0. The summed E-state index contributed by atoms with van der Waals surface area (Å²) < 4.78 is 0. The molecule has 1 aromatic heterocycles. The third kappa shape index (κ3) is 3.08. The van der Waals surface area contributed by atoms with Gasteiger partial charge in [-0.25, -0.2) is 0 Å². The molecule has 3 N–H and O–H groups in total. The molecular formula is C12H11N3O3S. The molecule has 0 saturated heterocycles. The number of nitro benzene ring substituents is 1. The van der Waals surface area contributed by atoms with Crippen LogP contribution >= 0.6 is 11.3 Å². The highest BCUT2D eigenvalue weighted by atomic mass is 32.1. The van der Waals surface area contributed by atoms with Gasteiger partial charge in [0.15, 0.2) is 0 Å². The van der Waals surface area contributed by atoms with E-state index in [-0.39, 0.29) is 17.3 Å². The molecule has 19 heavy (non-hydrogen) atoms. The molecule has 98 valence electrons. The van der Waals surface area contributed by atoms with Gasteiger partial charge in [0.1, 0.15) is 5.69 Å². The summed E-state index contributed by atoms with van der Waals surface area (Å²) in [5.41, 5.74) is 5.62. The second-order valence-corrected chi connectivity index (χ2v) is 4.82. The second-order valence-electron chi connectivity index (χ2n) is 3.79. The summed E-state index contributed by atoms with van der Waals surface area (Å²) in [6.45, 7) is 0.424. The molecule has 0 spiro atoms. The van der Waals surface area contributed by atoms with Crippen molar-refractivity contribution in [2.24, 2.45) is 0 Å². The molecule has 0 radical (unpaired) electrons. The van der Waals surface area contributed by atoms with E-state index in [1.165, 1.54) is 18.2 Å². The molecule has 0 fully saturated rings. The van der Waals surface area contributed by atoms with Crippen molar-refractivity contribution in [2.45, 2.75) is 6.54 Å². The third-order valence-electron chi connectivity index (χ3n) is 2.49. The normalized spacial score (nSPS) is 10.1. The lowest BCUT2D eigenvalue weighted by molar-refractivity contribution is -0.383. The van der Waals surface area contributed by atoms with Crippen molar-refractivity contribution in [3.05, 3.63) is 56.3 Å². The molecule has 0 atom stereocenters. The van der Waals surface area contributed by atoms with E-state index in [0.29, 0.717) is 12.1 Å². The van der Waals surface area contributed by atoms with Gasteiger partial charge in [-0.3, -0.25) is 14.9 Å². The molecule has 2 aromatic rings. The van der Waals surface area contributed by atoms with E-state index in [2.05, 4.69) is 5.32 Å². The van der Waals surface area contributed by atoms with E-state index in [4.69, 9.17) is 5.73 Å². The Hall–Kier alpha value is -2.41. The van der Waals surface area contributed by atoms with Crippen LogP contribution < -0.4 is 11.1 Å². The zero-order valence-corrected chi connectivity index (χ0v) is 10.6. The molecule has 0 unspecified atom stereocenters. The van der Waals surface area contributed by atoms with E-state index in [1.54, 1.807) is 11.3 Å². The average Bonchev–Trinajstić information content (AvgIpc) is 2.88. The summed E-state index contributed by atoms with van der Waals surface area (Å²) in [4.78, 5) is 22.9. The monoisotopic (exact) mass is 277 g/mol. The highest BCUT2D eigenvalue weighted by molar-refractivity contribution is 7.09. The Kier molecular flexibility index (Phi) is 3.76. The van der Waals surface area contributed by atoms with Crippen LogP contribution in [0.5, 0.6) is 0 Å². The fraction of sp³-hybridized carbons (Fsp3) is 0.0833. The second kappa shape index (κ2) is 5.49. The van der Waals surface area contributed by atoms with Gasteiger partial charge in [-0.15, -0.1) is 11.3 Å². The lowest BCUT2D eigenvalue weighted by atomic mass is 10.1. The van der Waals surface area contributed by atoms with Gasteiger partial charge in [0.25, 0.3) is 11.6 Å². The summed E-state index contributed by atoms with van der Waals surface area (Å²) in [6, 6.07) is 7.74. The minimum atomic E-state index is -0.581. The lowest BCUT2D eigenvalue weighted by Crippen LogP contribution is -2.22. The molecule has 0 aliphatic carbocycles. The van der Waals surface area contributed by atoms with Crippen molar-refractivity contribution in [3.8, 4) is 0 Å². The summed E-state index contributed by atoms with van der Waals surface area (Å²) in [7, 11) is 0. The van der Waals surface area contributed by atoms with Gasteiger partial charge in [-0.05, 0) is 23.6 Å². The summed E-state index contributed by atoms with van der Waals surface area (Å²) >= 11 is 1.54. The number of nitrogen functional groups attached to an aromatic ring is 1. The van der Waals surface area contributed by atoms with Crippen LogP contribution in [0.1, 0.15) is 15.2 Å². The van der Waals surface area contributed by atoms with Gasteiger partial charge in [0.2, 0.25) is 0 Å². The largest absolute Gasteiger partial charge is 0.393 e. The van der Waals surface area contributed by atoms with Gasteiger partial charge in [0, 0.05) is 16.5 Å². The Labute approximate surface area is 113 Å². The molecular weight excluding hydrogens is 266 g/mol. The maximum Gasteiger partial charge on any atom is 0.292 e. The van der Waals surface area contributed by atoms with Crippen LogP contribution in [-0.2, 0) is 6.54 Å². The standard InChI is InChI=1S/C12H11N3O3S/c13-10-6-8(3-4-11(10)15(17)18)12(16)14-7-9-2-1-5-19-9/h1-6H,7,13H2,(H,14,16). The van der Waals surface area contributed by atoms with Gasteiger partial charge >= 0.3 is 0 Å². The minimum absolute atomic E-state index is 0.0197. The van der Waals surface area contributed by atoms with Crippen molar-refractivity contribution < 1.29 is 9.72 Å². The summed E-state index contributed by atoms with van der Waals surface area (Å²) in [5.74, 6) is -0.310. The lowest BCUT2D eigenvalue weighted by Gasteiger charge is -2.04. The number of rotatable bonds is 4. The van der Waals surface area contributed by atoms with Gasteiger partial charge < -0.3 is 11.1 Å². The van der Waals surface area contributed by atoms with E-state index in [1.807, 2.05) is 17.5 Å². The average molecular weight is 277 g/mol. The zero-order valence-electron chi connectivity index (χ0n) is 9.83. The third-order valence-corrected chi connectivity index (χ3v) is 3.37. The van der Waals surface area contributed by atoms with Crippen molar-refractivity contribution >= 4 is 28.6 Å². The number of amides is 1. The van der Waals surface area contributed by atoms with E-state index in [0.717, 1.165) is 4.88 Å². The van der Waals surface area contributed by atoms with E-state index in [9.17, 15) is 14.9 Å². The van der Waals surface area contributed by atoms with Crippen LogP contribution in [-0.4, -0.2) is 10.8 Å². The number of nitrogens with two attached hydrogens (primary N) is 1. The van der Waals surface area contributed by atoms with Crippen molar-refractivity contribution in [3.63, 3.8) is 0 Å². The first kappa shape index (κ1) is 13.0. The molecule has 1 amide bonds. The van der Waals surface area contributed by atoms with E-state index < -0.39 is 4.92 Å². The Morgan fingerprint density at radius 2 is 2.21 bits per heavy atom. The smallest absolute Gasteiger partial charge is 0.292 e. The number of hydrogen-bond acceptors (Lipinski definition) is 5. The van der Waals surface area contributed by atoms with Gasteiger partial charge in [-0.2, -0.15) is 0 Å². The molecule has 6 nitrogen and oxygen atoms in total. The fourth-order valence-electron chi connectivity index (χ4n) is 1.54. The van der Waals surface area contributed by atoms with Crippen molar-refractivity contribution in [2.75, 3.05) is 5.73 Å². The van der Waals surface area contributed by atoms with Crippen LogP contribution in [0.4, 0.5) is 11.4 Å². The van der Waals surface area contributed by atoms with Crippen LogP contribution in [0.3, 0.4) is 0 Å². The first-order chi connectivity index (χ1) is 9.08. The number of carbonyl (C=O) groups excluding carboxylic acids is 1. The van der Waals surface area contributed by atoms with Gasteiger partial charge in [-0.1, -0.05) is 6.07 Å². The number of nitrogens with one attached hydrogen (secondary N) is 1. The maximum atomic E-state index is 11.8. The SMILES string of the molecule is Nc1cc(C(=O)NCc2cccs2)ccc1[N+](=O)[O-]. The van der Waals surface area contributed by atoms with Crippen molar-refractivity contribution in [1.29, 1.82) is 0 Å². The Balaban J connectivity index is 2.07. The number of thiophene rings is 1. The van der Waals surface area contributed by atoms with Crippen LogP contribution in [0.15, 0.2) is 35.7 Å². The quantitative estimate of drug-likeness (QED) is 0.508. The Morgan fingerprint density at radius 3 is 2.79 bits per heavy atom. The molecule has 2 rings (SSSR count). The van der Waals surface area contributed by atoms with E-state index >= 15 is 0 Å². The zero-order chi connectivity index (χ0) is 13.8. The summed E-state index contributed by atoms with van der Waals surface area (Å²) in [5, 5.41) is 15.3. The molecule has 1 aromatic carbocycles. The number of carbonyl (C=O) groups is 1. The molecule has 0 saturated carbocycles. The van der Waals surface area contributed by atoms with Crippen LogP contribution in [0, 0.1) is 10.1 Å². The number of nitro groups is 1. The molecule has 0 aliphatic heterocycles. The minimum Gasteiger partial charge on any atom is -0.393 e. The highest BCUT2D eigenvalue weighted by Crippen LogP contribution is 2.22. The Bertz CT molecular complexity index is 611. The van der Waals surface area contributed by atoms with Crippen molar-refractivity contribution in [1.82, 2.24) is 5.32 Å². The van der Waals surface area contributed by atoms with Gasteiger partial charge in [0.05, 0.1) is 11.5 Å². The highest BCUT2D eigenvalue weighted by Gasteiger charge is 2.14. The molecule has 7 heteroatoms. The predicted octanol–water partition coefficient (Wildman–Crippen LogP) is 2.17. The maximum absolute atomic E-state index is 11.8. The predicted molar refractivity (Wildman–Crippen MR) is 73.0 cm³/mol. The Morgan fingerprint density at radius 1 is 1.42 bits per heavy atom. The number of nitrogens with zero attached hydrogens (tertiary/aromatic N) is 1. The molecule has 0 aliphatic rings. The number of anilines is 1. The molecule has 1 heterocycles. The first-order valence-corrected chi connectivity index (χ1v) is 6.30.